The molecule has 6 nitrogen and oxygen atoms in total. The Morgan fingerprint density at radius 1 is 1.09 bits per heavy atom. The highest BCUT2D eigenvalue weighted by Gasteiger charge is 2.54. The Morgan fingerprint density at radius 2 is 1.76 bits per heavy atom. The van der Waals surface area contributed by atoms with Crippen LogP contribution in [0.1, 0.15) is 50.8 Å². The van der Waals surface area contributed by atoms with Crippen molar-refractivity contribution < 1.29 is 28.9 Å². The molecule has 0 unspecified atom stereocenters. The van der Waals surface area contributed by atoms with Crippen molar-refractivity contribution in [3.05, 3.63) is 59.5 Å². The van der Waals surface area contributed by atoms with Crippen LogP contribution in [0.5, 0.6) is 5.75 Å². The molecule has 33 heavy (non-hydrogen) atoms. The Hall–Kier alpha value is -2.90. The van der Waals surface area contributed by atoms with Gasteiger partial charge in [0.2, 0.25) is 0 Å². The number of halogens is 1. The number of benzene rings is 2. The number of fused-ring (bicyclic) bond motifs is 4. The summed E-state index contributed by atoms with van der Waals surface area (Å²) in [5.41, 5.74) is 1.12. The average Bonchev–Trinajstić information content (AvgIpc) is 3.17. The fraction of sp³-hybridized carbons (Fsp3) is 0.423. The first kappa shape index (κ1) is 21.9. The Kier molecular flexibility index (Phi) is 4.85. The number of aromatic hydroxyl groups is 1. The van der Waals surface area contributed by atoms with Crippen LogP contribution in [-0.2, 0) is 25.3 Å². The Bertz CT molecular complexity index is 1240. The predicted molar refractivity (Wildman–Crippen MR) is 121 cm³/mol. The maximum atomic E-state index is 13.7. The number of aromatic nitrogens is 1. The molecule has 0 amide bonds. The van der Waals surface area contributed by atoms with E-state index in [1.807, 2.05) is 6.07 Å². The minimum absolute atomic E-state index is 0.145. The Labute approximate surface area is 191 Å². The summed E-state index contributed by atoms with van der Waals surface area (Å²) in [6.45, 7) is 4.62. The van der Waals surface area contributed by atoms with E-state index in [0.29, 0.717) is 37.7 Å². The van der Waals surface area contributed by atoms with Crippen LogP contribution in [0.3, 0.4) is 0 Å². The molecule has 0 atom stereocenters. The number of phenolic OH excluding ortho intramolecular Hbond substituents is 1. The van der Waals surface area contributed by atoms with Crippen molar-refractivity contribution in [3.63, 3.8) is 0 Å². The number of carboxylic acids is 1. The summed E-state index contributed by atoms with van der Waals surface area (Å²) in [5, 5.41) is 21.5. The van der Waals surface area contributed by atoms with E-state index >= 15 is 0 Å². The van der Waals surface area contributed by atoms with E-state index in [-0.39, 0.29) is 11.6 Å². The third-order valence-corrected chi connectivity index (χ3v) is 7.51. The first-order valence-corrected chi connectivity index (χ1v) is 11.2. The average molecular weight is 454 g/mol. The molecule has 2 aromatic carbocycles. The third-order valence-electron chi connectivity index (χ3n) is 7.51. The van der Waals surface area contributed by atoms with Gasteiger partial charge in [0, 0.05) is 34.9 Å². The topological polar surface area (TPSA) is 80.9 Å². The molecule has 2 heterocycles. The maximum Gasteiger partial charge on any atom is 0.335 e. The van der Waals surface area contributed by atoms with Gasteiger partial charge in [0.15, 0.2) is 5.60 Å². The SMILES string of the molecule is CO[C@]1(C(=O)O)CC[C@]2(CC1)OCC(C)(C)c1c2c2c(O)cccc2n1-c1ccc(F)cc1. The summed E-state index contributed by atoms with van der Waals surface area (Å²) in [7, 11) is 1.44. The lowest BCUT2D eigenvalue weighted by atomic mass is 9.68. The molecule has 0 radical (unpaired) electrons. The second-order valence-corrected chi connectivity index (χ2v) is 9.88. The smallest absolute Gasteiger partial charge is 0.335 e. The summed E-state index contributed by atoms with van der Waals surface area (Å²) < 4.78 is 27.8. The predicted octanol–water partition coefficient (Wildman–Crippen LogP) is 5.02. The fourth-order valence-corrected chi connectivity index (χ4v) is 5.68. The second kappa shape index (κ2) is 7.30. The van der Waals surface area contributed by atoms with Gasteiger partial charge in [-0.15, -0.1) is 0 Å². The molecule has 174 valence electrons. The molecular weight excluding hydrogens is 425 g/mol. The number of phenols is 1. The van der Waals surface area contributed by atoms with Crippen LogP contribution in [0.2, 0.25) is 0 Å². The molecule has 7 heteroatoms. The summed E-state index contributed by atoms with van der Waals surface area (Å²) in [6, 6.07) is 11.7. The number of hydrogen-bond donors (Lipinski definition) is 2. The highest BCUT2D eigenvalue weighted by atomic mass is 19.1. The van der Waals surface area contributed by atoms with Crippen molar-refractivity contribution in [3.8, 4) is 11.4 Å². The number of rotatable bonds is 3. The number of aliphatic carboxylic acids is 1. The highest BCUT2D eigenvalue weighted by molar-refractivity contribution is 5.94. The van der Waals surface area contributed by atoms with Crippen LogP contribution in [-0.4, -0.2) is 40.1 Å². The van der Waals surface area contributed by atoms with Crippen molar-refractivity contribution in [2.75, 3.05) is 13.7 Å². The van der Waals surface area contributed by atoms with Crippen LogP contribution in [0.15, 0.2) is 42.5 Å². The van der Waals surface area contributed by atoms with E-state index in [1.54, 1.807) is 24.3 Å². The van der Waals surface area contributed by atoms with Gasteiger partial charge in [-0.1, -0.05) is 19.9 Å². The molecular formula is C26H28FNO5. The molecule has 1 fully saturated rings. The van der Waals surface area contributed by atoms with Crippen molar-refractivity contribution in [1.82, 2.24) is 4.57 Å². The first-order chi connectivity index (χ1) is 15.6. The van der Waals surface area contributed by atoms with E-state index in [0.717, 1.165) is 22.5 Å². The van der Waals surface area contributed by atoms with Gasteiger partial charge in [-0.3, -0.25) is 0 Å². The summed E-state index contributed by atoms with van der Waals surface area (Å²) >= 11 is 0. The first-order valence-electron chi connectivity index (χ1n) is 11.2. The second-order valence-electron chi connectivity index (χ2n) is 9.88. The van der Waals surface area contributed by atoms with Crippen molar-refractivity contribution >= 4 is 16.9 Å². The lowest BCUT2D eigenvalue weighted by Crippen LogP contribution is -2.52. The molecule has 0 bridgehead atoms. The van der Waals surface area contributed by atoms with Gasteiger partial charge in [0.05, 0.1) is 17.7 Å². The molecule has 1 saturated carbocycles. The quantitative estimate of drug-likeness (QED) is 0.582. The zero-order valence-corrected chi connectivity index (χ0v) is 19.0. The zero-order valence-electron chi connectivity index (χ0n) is 19.0. The molecule has 2 N–H and O–H groups in total. The fourth-order valence-electron chi connectivity index (χ4n) is 5.68. The van der Waals surface area contributed by atoms with Gasteiger partial charge in [-0.05, 0) is 62.1 Å². The van der Waals surface area contributed by atoms with E-state index in [9.17, 15) is 19.4 Å². The van der Waals surface area contributed by atoms with E-state index in [4.69, 9.17) is 9.47 Å². The largest absolute Gasteiger partial charge is 0.507 e. The summed E-state index contributed by atoms with van der Waals surface area (Å²) in [4.78, 5) is 12.0. The third kappa shape index (κ3) is 3.09. The molecule has 0 saturated heterocycles. The number of methoxy groups -OCH3 is 1. The normalized spacial score (nSPS) is 26.4. The van der Waals surface area contributed by atoms with E-state index in [1.165, 1.54) is 19.2 Å². The monoisotopic (exact) mass is 453 g/mol. The molecule has 1 aromatic heterocycles. The molecule has 3 aromatic rings. The van der Waals surface area contributed by atoms with Crippen LogP contribution in [0.25, 0.3) is 16.6 Å². The van der Waals surface area contributed by atoms with E-state index < -0.39 is 22.6 Å². The number of ether oxygens (including phenoxy) is 2. The zero-order chi connectivity index (χ0) is 23.6. The number of nitrogens with zero attached hydrogens (tertiary/aromatic N) is 1. The number of carboxylic acid groups (broad SMARTS) is 1. The van der Waals surface area contributed by atoms with Gasteiger partial charge in [0.1, 0.15) is 11.6 Å². The van der Waals surface area contributed by atoms with Gasteiger partial charge in [-0.25, -0.2) is 9.18 Å². The van der Waals surface area contributed by atoms with Crippen LogP contribution < -0.4 is 0 Å². The van der Waals surface area contributed by atoms with Gasteiger partial charge in [0.25, 0.3) is 0 Å². The number of hydrogen-bond acceptors (Lipinski definition) is 4. The Balaban J connectivity index is 1.79. The lowest BCUT2D eigenvalue weighted by molar-refractivity contribution is -0.182. The minimum atomic E-state index is -1.24. The molecule has 1 aliphatic heterocycles. The molecule has 1 aliphatic carbocycles. The van der Waals surface area contributed by atoms with E-state index in [2.05, 4.69) is 18.4 Å². The summed E-state index contributed by atoms with van der Waals surface area (Å²) in [6.07, 6.45) is 1.51. The maximum absolute atomic E-state index is 13.7. The van der Waals surface area contributed by atoms with Gasteiger partial charge < -0.3 is 24.3 Å². The summed E-state index contributed by atoms with van der Waals surface area (Å²) in [5.74, 6) is -1.14. The Morgan fingerprint density at radius 3 is 2.36 bits per heavy atom. The van der Waals surface area contributed by atoms with Crippen LogP contribution in [0.4, 0.5) is 4.39 Å². The van der Waals surface area contributed by atoms with Crippen molar-refractivity contribution in [2.45, 2.75) is 56.1 Å². The number of carbonyl (C=O) groups is 1. The molecule has 1 spiro atoms. The molecule has 2 aliphatic rings. The lowest BCUT2D eigenvalue weighted by Gasteiger charge is -2.49. The molecule has 5 rings (SSSR count). The van der Waals surface area contributed by atoms with Crippen molar-refractivity contribution in [2.24, 2.45) is 0 Å². The van der Waals surface area contributed by atoms with Crippen LogP contribution in [0, 0.1) is 5.82 Å². The van der Waals surface area contributed by atoms with Crippen LogP contribution >= 0.6 is 0 Å². The minimum Gasteiger partial charge on any atom is -0.507 e. The van der Waals surface area contributed by atoms with Gasteiger partial charge in [-0.2, -0.15) is 0 Å². The van der Waals surface area contributed by atoms with Crippen molar-refractivity contribution in [1.29, 1.82) is 0 Å². The highest BCUT2D eigenvalue weighted by Crippen LogP contribution is 2.56. The standard InChI is InChI=1S/C26H28FNO5/c1-24(2)15-33-25(11-13-26(32-3,14-12-25)23(30)31)21-20-18(5-4-6-19(20)29)28(22(21)24)17-9-7-16(27)8-10-17/h4-10,29H,11-15H2,1-3H3,(H,30,31)/t25-,26-. The van der Waals surface area contributed by atoms with Gasteiger partial charge >= 0.3 is 5.97 Å².